The van der Waals surface area contributed by atoms with Gasteiger partial charge >= 0.3 is 8.80 Å². The summed E-state index contributed by atoms with van der Waals surface area (Å²) in [6.07, 6.45) is 3.65. The molecule has 150 valence electrons. The predicted molar refractivity (Wildman–Crippen MR) is 106 cm³/mol. The van der Waals surface area contributed by atoms with Crippen molar-refractivity contribution >= 4 is 17.1 Å². The lowest BCUT2D eigenvalue weighted by Gasteiger charge is -2.38. The maximum absolute atomic E-state index is 6.29. The van der Waals surface area contributed by atoms with Crippen LogP contribution >= 0.6 is 0 Å². The van der Waals surface area contributed by atoms with Crippen LogP contribution in [0.4, 0.5) is 0 Å². The Morgan fingerprint density at radius 3 is 2.27 bits per heavy atom. The highest BCUT2D eigenvalue weighted by Crippen LogP contribution is 2.36. The molecule has 1 aliphatic rings. The quantitative estimate of drug-likeness (QED) is 0.353. The Hall–Kier alpha value is -0.506. The minimum Gasteiger partial charge on any atom is -0.414 e. The molecule has 0 spiro atoms. The second kappa shape index (κ2) is 10.2. The van der Waals surface area contributed by atoms with Gasteiger partial charge in [0.15, 0.2) is 8.32 Å². The van der Waals surface area contributed by atoms with E-state index >= 15 is 0 Å². The molecule has 0 amide bonds. The zero-order valence-electron chi connectivity index (χ0n) is 17.4. The molecule has 2 atom stereocenters. The van der Waals surface area contributed by atoms with Gasteiger partial charge in [-0.3, -0.25) is 0 Å². The topological polar surface area (TPSA) is 55.4 Å². The van der Waals surface area contributed by atoms with Gasteiger partial charge < -0.3 is 27.2 Å². The van der Waals surface area contributed by atoms with Crippen LogP contribution in [0, 0.1) is 11.5 Å². The van der Waals surface area contributed by atoms with Crippen LogP contribution in [0.1, 0.15) is 20.8 Å². The Morgan fingerprint density at radius 1 is 1.12 bits per heavy atom. The van der Waals surface area contributed by atoms with Crippen LogP contribution in [0.25, 0.3) is 0 Å². The monoisotopic (exact) mass is 402 g/mol. The molecular formula is C18H34O6Si2. The smallest absolute Gasteiger partial charge is 0.414 e. The molecule has 0 unspecified atom stereocenters. The number of ether oxygens (including phenoxy) is 2. The summed E-state index contributed by atoms with van der Waals surface area (Å²) in [5, 5.41) is 0.160. The van der Waals surface area contributed by atoms with Crippen molar-refractivity contribution in [2.45, 2.75) is 51.1 Å². The third-order valence-corrected chi connectivity index (χ3v) is 11.5. The molecule has 0 saturated carbocycles. The summed E-state index contributed by atoms with van der Waals surface area (Å²) in [6, 6.07) is 0. The molecule has 0 radical (unpaired) electrons. The van der Waals surface area contributed by atoms with Crippen molar-refractivity contribution in [3.05, 3.63) is 12.2 Å². The van der Waals surface area contributed by atoms with E-state index in [1.807, 2.05) is 12.2 Å². The van der Waals surface area contributed by atoms with E-state index in [-0.39, 0.29) is 23.9 Å². The first-order valence-corrected chi connectivity index (χ1v) is 13.4. The van der Waals surface area contributed by atoms with Crippen LogP contribution in [0.3, 0.4) is 0 Å². The first-order chi connectivity index (χ1) is 12.1. The molecule has 0 aromatic heterocycles. The van der Waals surface area contributed by atoms with E-state index in [0.717, 1.165) is 0 Å². The summed E-state index contributed by atoms with van der Waals surface area (Å²) in [6.45, 7) is 12.5. The van der Waals surface area contributed by atoms with Crippen molar-refractivity contribution in [2.24, 2.45) is 0 Å². The molecule has 26 heavy (non-hydrogen) atoms. The Kier molecular flexibility index (Phi) is 9.19. The Bertz CT molecular complexity index is 506. The standard InChI is InChI=1S/C18H34O6Si2/c1-18(2,3)25(7,8)24-15-17-16(11-9-12-23-17)22-13-10-14-26(19-4,20-5)21-6/h9,11,16-17H,12-13,15H2,1-8H3/t16-,17+/m0/s1. The van der Waals surface area contributed by atoms with Crippen molar-refractivity contribution in [3.63, 3.8) is 0 Å². The molecule has 1 rings (SSSR count). The summed E-state index contributed by atoms with van der Waals surface area (Å²) in [4.78, 5) is 0. The maximum Gasteiger partial charge on any atom is 0.590 e. The summed E-state index contributed by atoms with van der Waals surface area (Å²) in [5.41, 5.74) is 2.92. The third-order valence-electron chi connectivity index (χ3n) is 4.91. The van der Waals surface area contributed by atoms with Gasteiger partial charge in [-0.1, -0.05) is 38.8 Å². The SMILES string of the molecule is CO[Si](C#CCO[C@H]1C=CCO[C@@H]1CO[Si](C)(C)C(C)(C)C)(OC)OC. The van der Waals surface area contributed by atoms with E-state index in [9.17, 15) is 0 Å². The van der Waals surface area contributed by atoms with Gasteiger partial charge in [0.1, 0.15) is 18.8 Å². The van der Waals surface area contributed by atoms with Crippen LogP contribution in [-0.2, 0) is 27.2 Å². The summed E-state index contributed by atoms with van der Waals surface area (Å²) in [5.74, 6) is 2.94. The van der Waals surface area contributed by atoms with Gasteiger partial charge in [-0.25, -0.2) is 0 Å². The van der Waals surface area contributed by atoms with Crippen LogP contribution in [0.15, 0.2) is 12.2 Å². The molecule has 1 heterocycles. The van der Waals surface area contributed by atoms with Crippen molar-refractivity contribution in [3.8, 4) is 11.5 Å². The lowest BCUT2D eigenvalue weighted by molar-refractivity contribution is -0.0641. The number of rotatable bonds is 8. The summed E-state index contributed by atoms with van der Waals surface area (Å²) >= 11 is 0. The number of hydrogen-bond donors (Lipinski definition) is 0. The molecule has 8 heteroatoms. The van der Waals surface area contributed by atoms with Crippen molar-refractivity contribution in [2.75, 3.05) is 41.2 Å². The van der Waals surface area contributed by atoms with Gasteiger partial charge in [0.25, 0.3) is 0 Å². The molecule has 0 bridgehead atoms. The minimum absolute atomic E-state index is 0.134. The average molecular weight is 403 g/mol. The molecule has 0 N–H and O–H groups in total. The molecule has 0 aliphatic carbocycles. The minimum atomic E-state index is -2.89. The van der Waals surface area contributed by atoms with Crippen LogP contribution in [-0.4, -0.2) is 70.5 Å². The zero-order chi connectivity index (χ0) is 19.8. The molecule has 0 aromatic rings. The highest BCUT2D eigenvalue weighted by Gasteiger charge is 2.39. The molecule has 0 aromatic carbocycles. The number of hydrogen-bond acceptors (Lipinski definition) is 6. The van der Waals surface area contributed by atoms with E-state index in [2.05, 4.69) is 45.3 Å². The third kappa shape index (κ3) is 6.58. The second-order valence-electron chi connectivity index (χ2n) is 7.62. The highest BCUT2D eigenvalue weighted by molar-refractivity contribution is 6.74. The van der Waals surface area contributed by atoms with Crippen molar-refractivity contribution in [1.82, 2.24) is 0 Å². The molecule has 6 nitrogen and oxygen atoms in total. The van der Waals surface area contributed by atoms with E-state index in [1.165, 1.54) is 21.3 Å². The van der Waals surface area contributed by atoms with E-state index in [0.29, 0.717) is 13.2 Å². The molecule has 1 aliphatic heterocycles. The largest absolute Gasteiger partial charge is 0.590 e. The van der Waals surface area contributed by atoms with Crippen LogP contribution in [0.5, 0.6) is 0 Å². The molecule has 0 fully saturated rings. The first kappa shape index (κ1) is 23.5. The van der Waals surface area contributed by atoms with Gasteiger partial charge in [0.2, 0.25) is 0 Å². The van der Waals surface area contributed by atoms with Gasteiger partial charge in [0.05, 0.1) is 13.2 Å². The summed E-state index contributed by atoms with van der Waals surface area (Å²) in [7, 11) is -0.134. The van der Waals surface area contributed by atoms with Crippen molar-refractivity contribution in [1.29, 1.82) is 0 Å². The average Bonchev–Trinajstić information content (AvgIpc) is 2.60. The first-order valence-electron chi connectivity index (χ1n) is 8.80. The lowest BCUT2D eigenvalue weighted by Crippen LogP contribution is -2.46. The van der Waals surface area contributed by atoms with Gasteiger partial charge in [-0.05, 0) is 23.7 Å². The van der Waals surface area contributed by atoms with E-state index in [4.69, 9.17) is 27.2 Å². The van der Waals surface area contributed by atoms with Gasteiger partial charge in [0, 0.05) is 21.3 Å². The van der Waals surface area contributed by atoms with Gasteiger partial charge in [-0.2, -0.15) is 0 Å². The Labute approximate surface area is 160 Å². The molecule has 0 saturated heterocycles. The fourth-order valence-electron chi connectivity index (χ4n) is 2.09. The van der Waals surface area contributed by atoms with E-state index in [1.54, 1.807) is 0 Å². The second-order valence-corrected chi connectivity index (χ2v) is 15.0. The van der Waals surface area contributed by atoms with Crippen molar-refractivity contribution < 1.29 is 27.2 Å². The molecular weight excluding hydrogens is 368 g/mol. The Morgan fingerprint density at radius 2 is 1.73 bits per heavy atom. The summed E-state index contributed by atoms with van der Waals surface area (Å²) < 4.78 is 33.8. The normalized spacial score (nSPS) is 21.4. The zero-order valence-corrected chi connectivity index (χ0v) is 19.4. The van der Waals surface area contributed by atoms with E-state index < -0.39 is 17.1 Å². The lowest BCUT2D eigenvalue weighted by atomic mass is 10.1. The van der Waals surface area contributed by atoms with Crippen LogP contribution in [0.2, 0.25) is 18.1 Å². The predicted octanol–water partition coefficient (Wildman–Crippen LogP) is 2.77. The Balaban J connectivity index is 2.62. The van der Waals surface area contributed by atoms with Gasteiger partial charge in [-0.15, -0.1) is 0 Å². The highest BCUT2D eigenvalue weighted by atomic mass is 28.4. The fraction of sp³-hybridized carbons (Fsp3) is 0.778. The fourth-order valence-corrected chi connectivity index (χ4v) is 4.19. The van der Waals surface area contributed by atoms with Crippen LogP contribution < -0.4 is 0 Å². The maximum atomic E-state index is 6.29.